The van der Waals surface area contributed by atoms with Crippen LogP contribution in [0.4, 0.5) is 18.0 Å². The zero-order valence-corrected chi connectivity index (χ0v) is 20.6. The van der Waals surface area contributed by atoms with Crippen molar-refractivity contribution in [2.24, 2.45) is 0 Å². The van der Waals surface area contributed by atoms with E-state index in [1.54, 1.807) is 26.0 Å². The molecule has 196 valence electrons. The fraction of sp³-hybridized carbons (Fsp3) is 0.286. The van der Waals surface area contributed by atoms with Gasteiger partial charge >= 0.3 is 18.2 Å². The first kappa shape index (κ1) is 27.6. The molecule has 0 aliphatic heterocycles. The molecular formula is C28H29F3N2O4. The molecule has 0 aliphatic rings. The van der Waals surface area contributed by atoms with Gasteiger partial charge in [-0.05, 0) is 60.4 Å². The highest BCUT2D eigenvalue weighted by Gasteiger charge is 2.32. The molecule has 0 radical (unpaired) electrons. The summed E-state index contributed by atoms with van der Waals surface area (Å²) < 4.78 is 46.6. The van der Waals surface area contributed by atoms with Gasteiger partial charge in [0, 0.05) is 25.2 Å². The van der Waals surface area contributed by atoms with Crippen LogP contribution in [0.15, 0.2) is 66.7 Å². The lowest BCUT2D eigenvalue weighted by molar-refractivity contribution is -0.138. The maximum absolute atomic E-state index is 13.7. The molecule has 37 heavy (non-hydrogen) atoms. The van der Waals surface area contributed by atoms with Crippen LogP contribution in [0.3, 0.4) is 0 Å². The monoisotopic (exact) mass is 514 g/mol. The summed E-state index contributed by atoms with van der Waals surface area (Å²) >= 11 is 0. The van der Waals surface area contributed by atoms with Gasteiger partial charge in [-0.25, -0.2) is 4.79 Å². The zero-order chi connectivity index (χ0) is 27.0. The van der Waals surface area contributed by atoms with Crippen LogP contribution in [-0.2, 0) is 30.5 Å². The molecule has 2 N–H and O–H groups in total. The van der Waals surface area contributed by atoms with Gasteiger partial charge in [-0.2, -0.15) is 13.2 Å². The van der Waals surface area contributed by atoms with Gasteiger partial charge in [-0.15, -0.1) is 0 Å². The Balaban J connectivity index is 2.01. The second kappa shape index (κ2) is 12.3. The van der Waals surface area contributed by atoms with Crippen molar-refractivity contribution >= 4 is 12.0 Å². The van der Waals surface area contributed by atoms with E-state index < -0.39 is 17.7 Å². The predicted molar refractivity (Wildman–Crippen MR) is 134 cm³/mol. The number of alkyl halides is 3. The number of carboxylic acid groups (broad SMARTS) is 1. The molecule has 9 heteroatoms. The number of hydrogen-bond acceptors (Lipinski definition) is 3. The molecule has 0 saturated heterocycles. The Morgan fingerprint density at radius 3 is 2.30 bits per heavy atom. The van der Waals surface area contributed by atoms with Crippen LogP contribution in [0.2, 0.25) is 0 Å². The number of nitrogens with zero attached hydrogens (tertiary/aromatic N) is 1. The number of aliphatic carboxylic acids is 1. The first-order valence-electron chi connectivity index (χ1n) is 11.9. The van der Waals surface area contributed by atoms with Crippen molar-refractivity contribution in [2.45, 2.75) is 39.5 Å². The highest BCUT2D eigenvalue weighted by atomic mass is 19.4. The number of amides is 2. The third kappa shape index (κ3) is 7.49. The van der Waals surface area contributed by atoms with E-state index in [0.29, 0.717) is 35.5 Å². The predicted octanol–water partition coefficient (Wildman–Crippen LogP) is 6.13. The fourth-order valence-corrected chi connectivity index (χ4v) is 3.91. The van der Waals surface area contributed by atoms with E-state index in [1.807, 2.05) is 30.3 Å². The van der Waals surface area contributed by atoms with Gasteiger partial charge in [-0.3, -0.25) is 4.79 Å². The van der Waals surface area contributed by atoms with Gasteiger partial charge in [0.1, 0.15) is 5.75 Å². The normalized spacial score (nSPS) is 11.2. The molecule has 0 aromatic heterocycles. The van der Waals surface area contributed by atoms with Crippen LogP contribution >= 0.6 is 0 Å². The molecule has 0 spiro atoms. The second-order valence-corrected chi connectivity index (χ2v) is 8.36. The smallest absolute Gasteiger partial charge is 0.416 e. The van der Waals surface area contributed by atoms with Gasteiger partial charge in [0.2, 0.25) is 0 Å². The lowest BCUT2D eigenvalue weighted by atomic mass is 9.94. The van der Waals surface area contributed by atoms with Crippen molar-refractivity contribution in [3.8, 4) is 16.9 Å². The summed E-state index contributed by atoms with van der Waals surface area (Å²) in [6.07, 6.45) is -4.88. The molecule has 3 rings (SSSR count). The Bertz CT molecular complexity index is 1230. The van der Waals surface area contributed by atoms with Gasteiger partial charge in [-0.1, -0.05) is 42.5 Å². The van der Waals surface area contributed by atoms with Crippen LogP contribution in [0, 0.1) is 0 Å². The Morgan fingerprint density at radius 2 is 1.68 bits per heavy atom. The quantitative estimate of drug-likeness (QED) is 0.341. The number of hydrogen-bond donors (Lipinski definition) is 2. The van der Waals surface area contributed by atoms with Gasteiger partial charge in [0.15, 0.2) is 0 Å². The van der Waals surface area contributed by atoms with Crippen molar-refractivity contribution in [3.63, 3.8) is 0 Å². The van der Waals surface area contributed by atoms with Crippen molar-refractivity contribution in [3.05, 3.63) is 89.0 Å². The minimum Gasteiger partial charge on any atom is -0.493 e. The summed E-state index contributed by atoms with van der Waals surface area (Å²) in [7, 11) is 0. The number of carboxylic acids is 1. The third-order valence-corrected chi connectivity index (χ3v) is 5.74. The molecule has 6 nitrogen and oxygen atoms in total. The summed E-state index contributed by atoms with van der Waals surface area (Å²) in [6, 6.07) is 17.0. The largest absolute Gasteiger partial charge is 0.493 e. The van der Waals surface area contributed by atoms with Crippen LogP contribution in [-0.4, -0.2) is 35.2 Å². The average Bonchev–Trinajstić information content (AvgIpc) is 2.86. The minimum absolute atomic E-state index is 0.0410. The van der Waals surface area contributed by atoms with E-state index in [4.69, 9.17) is 4.74 Å². The van der Waals surface area contributed by atoms with Gasteiger partial charge in [0.25, 0.3) is 0 Å². The molecule has 0 heterocycles. The van der Waals surface area contributed by atoms with Crippen LogP contribution in [0.1, 0.15) is 36.1 Å². The lowest BCUT2D eigenvalue weighted by Gasteiger charge is -2.24. The van der Waals surface area contributed by atoms with Crippen LogP contribution in [0.25, 0.3) is 11.1 Å². The maximum Gasteiger partial charge on any atom is 0.416 e. The van der Waals surface area contributed by atoms with Crippen molar-refractivity contribution < 1.29 is 32.6 Å². The fourth-order valence-electron chi connectivity index (χ4n) is 3.91. The number of ether oxygens (including phenoxy) is 1. The summed E-state index contributed by atoms with van der Waals surface area (Å²) in [5, 5.41) is 12.1. The van der Waals surface area contributed by atoms with Crippen LogP contribution in [0.5, 0.6) is 5.75 Å². The summed E-state index contributed by atoms with van der Waals surface area (Å²) in [5.41, 5.74) is 1.51. The van der Waals surface area contributed by atoms with Crippen molar-refractivity contribution in [1.82, 2.24) is 10.2 Å². The number of carbonyl (C=O) groups excluding carboxylic acids is 1. The molecule has 0 atom stereocenters. The number of halogens is 3. The molecule has 3 aromatic carbocycles. The van der Waals surface area contributed by atoms with Crippen LogP contribution < -0.4 is 10.1 Å². The number of nitrogens with one attached hydrogen (secondary N) is 1. The number of carbonyl (C=O) groups is 2. The topological polar surface area (TPSA) is 78.9 Å². The standard InChI is InChI=1S/C28H29F3N2O4/c1-3-33(27(36)32-17-19-8-6-5-7-9-19)18-21-11-12-22(28(29,30)31)16-23(21)24-14-20(15-26(34)35)10-13-25(24)37-4-2/h5-14,16H,3-4,15,17-18H2,1-2H3,(H,32,36)(H,34,35). The second-order valence-electron chi connectivity index (χ2n) is 8.36. The van der Waals surface area contributed by atoms with E-state index in [-0.39, 0.29) is 31.2 Å². The zero-order valence-electron chi connectivity index (χ0n) is 20.6. The molecule has 0 bridgehead atoms. The van der Waals surface area contributed by atoms with E-state index in [9.17, 15) is 27.9 Å². The third-order valence-electron chi connectivity index (χ3n) is 5.74. The van der Waals surface area contributed by atoms with E-state index in [0.717, 1.165) is 17.7 Å². The number of benzene rings is 3. The Labute approximate surface area is 213 Å². The maximum atomic E-state index is 13.7. The molecule has 0 unspecified atom stereocenters. The van der Waals surface area contributed by atoms with E-state index >= 15 is 0 Å². The Kier molecular flexibility index (Phi) is 9.16. The molecule has 2 amide bonds. The molecular weight excluding hydrogens is 485 g/mol. The minimum atomic E-state index is -4.59. The number of urea groups is 1. The molecule has 0 aliphatic carbocycles. The lowest BCUT2D eigenvalue weighted by Crippen LogP contribution is -2.39. The summed E-state index contributed by atoms with van der Waals surface area (Å²) in [4.78, 5) is 25.7. The van der Waals surface area contributed by atoms with Gasteiger partial charge < -0.3 is 20.1 Å². The average molecular weight is 515 g/mol. The van der Waals surface area contributed by atoms with Gasteiger partial charge in [0.05, 0.1) is 18.6 Å². The highest BCUT2D eigenvalue weighted by molar-refractivity contribution is 5.78. The van der Waals surface area contributed by atoms with E-state index in [1.165, 1.54) is 17.0 Å². The first-order chi connectivity index (χ1) is 17.6. The molecule has 0 saturated carbocycles. The Hall–Kier alpha value is -4.01. The molecule has 0 fully saturated rings. The Morgan fingerprint density at radius 1 is 0.946 bits per heavy atom. The highest BCUT2D eigenvalue weighted by Crippen LogP contribution is 2.38. The van der Waals surface area contributed by atoms with E-state index in [2.05, 4.69) is 5.32 Å². The SMILES string of the molecule is CCOc1ccc(CC(=O)O)cc1-c1cc(C(F)(F)F)ccc1CN(CC)C(=O)NCc1ccccc1. The molecule has 3 aromatic rings. The first-order valence-corrected chi connectivity index (χ1v) is 11.9. The van der Waals surface area contributed by atoms with Crippen molar-refractivity contribution in [2.75, 3.05) is 13.2 Å². The number of rotatable bonds is 10. The summed E-state index contributed by atoms with van der Waals surface area (Å²) in [5.74, 6) is -0.736. The summed E-state index contributed by atoms with van der Waals surface area (Å²) in [6.45, 7) is 4.46. The van der Waals surface area contributed by atoms with Crippen molar-refractivity contribution in [1.29, 1.82) is 0 Å².